The smallest absolute Gasteiger partial charge is 0.202 e. The van der Waals surface area contributed by atoms with Gasteiger partial charge in [0.15, 0.2) is 0 Å². The van der Waals surface area contributed by atoms with Crippen LogP contribution in [-0.2, 0) is 11.3 Å². The average molecular weight is 293 g/mol. The van der Waals surface area contributed by atoms with Gasteiger partial charge in [0.1, 0.15) is 0 Å². The monoisotopic (exact) mass is 293 g/mol. The molecule has 0 spiro atoms. The van der Waals surface area contributed by atoms with Crippen LogP contribution in [0.25, 0.3) is 0 Å². The third-order valence-corrected chi connectivity index (χ3v) is 4.59. The first-order chi connectivity index (χ1) is 10.2. The van der Waals surface area contributed by atoms with Crippen molar-refractivity contribution in [1.82, 2.24) is 9.55 Å². The molecule has 1 aliphatic carbocycles. The van der Waals surface area contributed by atoms with Crippen molar-refractivity contribution in [1.29, 1.82) is 0 Å². The van der Waals surface area contributed by atoms with Gasteiger partial charge in [-0.2, -0.15) is 0 Å². The zero-order valence-corrected chi connectivity index (χ0v) is 13.9. The molecule has 0 radical (unpaired) electrons. The van der Waals surface area contributed by atoms with Crippen molar-refractivity contribution >= 4 is 5.95 Å². The molecule has 1 saturated carbocycles. The first kappa shape index (κ1) is 16.3. The molecular formula is C17H31N3O. The maximum Gasteiger partial charge on any atom is 0.202 e. The molecule has 1 aromatic heterocycles. The summed E-state index contributed by atoms with van der Waals surface area (Å²) in [6.45, 7) is 7.51. The summed E-state index contributed by atoms with van der Waals surface area (Å²) < 4.78 is 7.33. The van der Waals surface area contributed by atoms with Crippen molar-refractivity contribution in [3.05, 3.63) is 12.4 Å². The molecule has 0 saturated heterocycles. The van der Waals surface area contributed by atoms with Gasteiger partial charge in [-0.1, -0.05) is 26.7 Å². The number of anilines is 1. The van der Waals surface area contributed by atoms with Gasteiger partial charge in [-0.3, -0.25) is 0 Å². The van der Waals surface area contributed by atoms with Crippen LogP contribution < -0.4 is 5.32 Å². The summed E-state index contributed by atoms with van der Waals surface area (Å²) in [6, 6.07) is 0. The molecule has 0 aromatic carbocycles. The normalized spacial score (nSPS) is 17.5. The lowest BCUT2D eigenvalue weighted by Gasteiger charge is -2.31. The zero-order valence-electron chi connectivity index (χ0n) is 13.9. The number of aromatic nitrogens is 2. The number of hydrogen-bond acceptors (Lipinski definition) is 3. The fraction of sp³-hybridized carbons (Fsp3) is 0.824. The van der Waals surface area contributed by atoms with E-state index in [2.05, 4.69) is 34.9 Å². The summed E-state index contributed by atoms with van der Waals surface area (Å²) in [5, 5.41) is 3.62. The summed E-state index contributed by atoms with van der Waals surface area (Å²) in [7, 11) is 1.75. The van der Waals surface area contributed by atoms with Crippen molar-refractivity contribution in [3.8, 4) is 0 Å². The summed E-state index contributed by atoms with van der Waals surface area (Å²) in [5.41, 5.74) is 0.484. The molecule has 0 unspecified atom stereocenters. The lowest BCUT2D eigenvalue weighted by molar-refractivity contribution is 0.190. The van der Waals surface area contributed by atoms with Gasteiger partial charge >= 0.3 is 0 Å². The Hall–Kier alpha value is -1.03. The Morgan fingerprint density at radius 2 is 2.14 bits per heavy atom. The van der Waals surface area contributed by atoms with E-state index < -0.39 is 0 Å². The summed E-state index contributed by atoms with van der Waals surface area (Å²) >= 11 is 0. The van der Waals surface area contributed by atoms with Crippen LogP contribution in [0.3, 0.4) is 0 Å². The van der Waals surface area contributed by atoms with Gasteiger partial charge < -0.3 is 14.6 Å². The molecule has 1 N–H and O–H groups in total. The number of imidazole rings is 1. The second-order valence-corrected chi connectivity index (χ2v) is 6.95. The van der Waals surface area contributed by atoms with Crippen molar-refractivity contribution in [2.45, 2.75) is 58.9 Å². The highest BCUT2D eigenvalue weighted by atomic mass is 16.5. The van der Waals surface area contributed by atoms with Gasteiger partial charge in [-0.15, -0.1) is 0 Å². The Kier molecular flexibility index (Phi) is 6.09. The maximum atomic E-state index is 5.13. The topological polar surface area (TPSA) is 39.1 Å². The van der Waals surface area contributed by atoms with Crippen LogP contribution in [0.1, 0.15) is 52.4 Å². The Bertz CT molecular complexity index is 408. The number of hydrogen-bond donors (Lipinski definition) is 1. The van der Waals surface area contributed by atoms with E-state index >= 15 is 0 Å². The third-order valence-electron chi connectivity index (χ3n) is 4.59. The molecular weight excluding hydrogens is 262 g/mol. The van der Waals surface area contributed by atoms with E-state index in [0.717, 1.165) is 38.0 Å². The highest BCUT2D eigenvalue weighted by Gasteiger charge is 2.34. The molecule has 2 rings (SSSR count). The van der Waals surface area contributed by atoms with E-state index in [1.807, 2.05) is 6.20 Å². The molecule has 0 aliphatic heterocycles. The second-order valence-electron chi connectivity index (χ2n) is 6.95. The summed E-state index contributed by atoms with van der Waals surface area (Å²) in [4.78, 5) is 4.48. The number of aryl methyl sites for hydroxylation is 1. The molecule has 1 aliphatic rings. The van der Waals surface area contributed by atoms with Gasteiger partial charge in [0.2, 0.25) is 5.95 Å². The molecule has 4 nitrogen and oxygen atoms in total. The van der Waals surface area contributed by atoms with E-state index in [1.54, 1.807) is 7.11 Å². The van der Waals surface area contributed by atoms with E-state index in [1.165, 1.54) is 32.1 Å². The molecule has 1 fully saturated rings. The minimum Gasteiger partial charge on any atom is -0.385 e. The molecule has 1 aromatic rings. The Morgan fingerprint density at radius 3 is 2.81 bits per heavy atom. The minimum absolute atomic E-state index is 0.484. The Balaban J connectivity index is 1.90. The maximum absolute atomic E-state index is 5.13. The quantitative estimate of drug-likeness (QED) is 0.701. The van der Waals surface area contributed by atoms with Crippen LogP contribution in [0.5, 0.6) is 0 Å². The SMILES string of the molecule is COCCCn1ccnc1NCC1(CC(C)C)CCCC1. The van der Waals surface area contributed by atoms with Crippen molar-refractivity contribution < 1.29 is 4.74 Å². The fourth-order valence-electron chi connectivity index (χ4n) is 3.75. The molecule has 1 heterocycles. The van der Waals surface area contributed by atoms with Crippen LogP contribution in [0.15, 0.2) is 12.4 Å². The van der Waals surface area contributed by atoms with Crippen LogP contribution in [-0.4, -0.2) is 29.8 Å². The Morgan fingerprint density at radius 1 is 1.38 bits per heavy atom. The van der Waals surface area contributed by atoms with Crippen LogP contribution in [0, 0.1) is 11.3 Å². The predicted octanol–water partition coefficient (Wildman–Crippen LogP) is 3.94. The number of nitrogens with one attached hydrogen (secondary N) is 1. The average Bonchev–Trinajstić information content (AvgIpc) is 3.06. The van der Waals surface area contributed by atoms with Crippen LogP contribution in [0.4, 0.5) is 5.95 Å². The van der Waals surface area contributed by atoms with Crippen molar-refractivity contribution in [2.24, 2.45) is 11.3 Å². The van der Waals surface area contributed by atoms with Gasteiger partial charge in [0.05, 0.1) is 0 Å². The first-order valence-corrected chi connectivity index (χ1v) is 8.39. The highest BCUT2D eigenvalue weighted by Crippen LogP contribution is 2.43. The van der Waals surface area contributed by atoms with Crippen LogP contribution >= 0.6 is 0 Å². The zero-order chi connectivity index (χ0) is 15.1. The largest absolute Gasteiger partial charge is 0.385 e. The van der Waals surface area contributed by atoms with E-state index in [4.69, 9.17) is 4.74 Å². The molecule has 4 heteroatoms. The highest BCUT2D eigenvalue weighted by molar-refractivity contribution is 5.26. The number of ether oxygens (including phenoxy) is 1. The standard InChI is InChI=1S/C17H31N3O/c1-15(2)13-17(7-4-5-8-17)14-19-16-18-9-11-20(16)10-6-12-21-3/h9,11,15H,4-8,10,12-14H2,1-3H3,(H,18,19). The van der Waals surface area contributed by atoms with Crippen LogP contribution in [0.2, 0.25) is 0 Å². The van der Waals surface area contributed by atoms with Crippen molar-refractivity contribution in [2.75, 3.05) is 25.6 Å². The summed E-state index contributed by atoms with van der Waals surface area (Å²) in [5.74, 6) is 1.78. The fourth-order valence-corrected chi connectivity index (χ4v) is 3.75. The second kappa shape index (κ2) is 7.83. The third kappa shape index (κ3) is 4.73. The van der Waals surface area contributed by atoms with Crippen molar-refractivity contribution in [3.63, 3.8) is 0 Å². The number of nitrogens with zero attached hydrogens (tertiary/aromatic N) is 2. The van der Waals surface area contributed by atoms with E-state index in [0.29, 0.717) is 5.41 Å². The van der Waals surface area contributed by atoms with Gasteiger partial charge in [-0.05, 0) is 37.0 Å². The van der Waals surface area contributed by atoms with Gasteiger partial charge in [0.25, 0.3) is 0 Å². The molecule has 120 valence electrons. The molecule has 21 heavy (non-hydrogen) atoms. The minimum atomic E-state index is 0.484. The molecule has 0 amide bonds. The Labute approximate surface area is 129 Å². The van der Waals surface area contributed by atoms with E-state index in [9.17, 15) is 0 Å². The number of rotatable bonds is 9. The molecule has 0 bridgehead atoms. The number of methoxy groups -OCH3 is 1. The lowest BCUT2D eigenvalue weighted by atomic mass is 9.78. The molecule has 0 atom stereocenters. The van der Waals surface area contributed by atoms with Gasteiger partial charge in [-0.25, -0.2) is 4.98 Å². The first-order valence-electron chi connectivity index (χ1n) is 8.39. The van der Waals surface area contributed by atoms with Gasteiger partial charge in [0, 0.05) is 39.2 Å². The lowest BCUT2D eigenvalue weighted by Crippen LogP contribution is -2.29. The van der Waals surface area contributed by atoms with E-state index in [-0.39, 0.29) is 0 Å². The predicted molar refractivity (Wildman–Crippen MR) is 87.6 cm³/mol. The summed E-state index contributed by atoms with van der Waals surface area (Å²) in [6.07, 6.45) is 11.8.